The Balaban J connectivity index is 2.90. The maximum atomic E-state index is 11.8. The minimum absolute atomic E-state index is 0.0496. The lowest BCUT2D eigenvalue weighted by Gasteiger charge is -2.22. The molecule has 1 aromatic rings. The highest BCUT2D eigenvalue weighted by atomic mass is 16.2. The van der Waals surface area contributed by atoms with Crippen LogP contribution in [-0.2, 0) is 7.05 Å². The summed E-state index contributed by atoms with van der Waals surface area (Å²) in [5, 5.41) is 0. The molecule has 0 saturated carbocycles. The highest BCUT2D eigenvalue weighted by Crippen LogP contribution is 2.43. The number of hydrogen-bond acceptors (Lipinski definition) is 2. The zero-order valence-corrected chi connectivity index (χ0v) is 9.44. The van der Waals surface area contributed by atoms with E-state index < -0.39 is 0 Å². The van der Waals surface area contributed by atoms with Crippen LogP contribution in [0.2, 0.25) is 0 Å². The summed E-state index contributed by atoms with van der Waals surface area (Å²) < 4.78 is 3.97. The fourth-order valence-electron chi connectivity index (χ4n) is 1.96. The quantitative estimate of drug-likeness (QED) is 0.621. The van der Waals surface area contributed by atoms with Gasteiger partial charge in [-0.2, -0.15) is 0 Å². The Kier molecular flexibility index (Phi) is 1.69. The molecule has 15 heavy (non-hydrogen) atoms. The lowest BCUT2D eigenvalue weighted by atomic mass is 9.84. The largest absolute Gasteiger partial charge is 0.351 e. The summed E-state index contributed by atoms with van der Waals surface area (Å²) in [5.74, 6) is 0. The van der Waals surface area contributed by atoms with Crippen molar-refractivity contribution >= 4 is 5.70 Å². The molecule has 1 atom stereocenters. The molecule has 1 unspecified atom stereocenters. The molecule has 0 fully saturated rings. The average molecular weight is 209 g/mol. The molecule has 0 bridgehead atoms. The van der Waals surface area contributed by atoms with Gasteiger partial charge in [0.05, 0.1) is 6.04 Å². The highest BCUT2D eigenvalue weighted by molar-refractivity contribution is 5.50. The molecule has 5 nitrogen and oxygen atoms in total. The van der Waals surface area contributed by atoms with E-state index in [1.807, 2.05) is 20.8 Å². The summed E-state index contributed by atoms with van der Waals surface area (Å²) in [6, 6.07) is -0.0496. The molecule has 0 N–H and O–H groups in total. The van der Waals surface area contributed by atoms with Gasteiger partial charge in [0, 0.05) is 18.2 Å². The third kappa shape index (κ3) is 0.926. The fourth-order valence-corrected chi connectivity index (χ4v) is 1.96. The first-order valence-corrected chi connectivity index (χ1v) is 4.90. The first-order chi connectivity index (χ1) is 6.80. The van der Waals surface area contributed by atoms with Crippen molar-refractivity contribution in [1.29, 1.82) is 0 Å². The fraction of sp³-hybridized carbons (Fsp3) is 0.600. The molecule has 0 spiro atoms. The van der Waals surface area contributed by atoms with Crippen molar-refractivity contribution in [3.05, 3.63) is 27.5 Å². The van der Waals surface area contributed by atoms with E-state index in [0.29, 0.717) is 5.70 Å². The molecule has 1 aliphatic heterocycles. The molecule has 5 heteroatoms. The van der Waals surface area contributed by atoms with Crippen molar-refractivity contribution in [1.82, 2.24) is 13.9 Å². The second-order valence-corrected chi connectivity index (χ2v) is 4.62. The van der Waals surface area contributed by atoms with Gasteiger partial charge in [0.2, 0.25) is 0 Å². The summed E-state index contributed by atoms with van der Waals surface area (Å²) in [6.07, 6.45) is 0. The monoisotopic (exact) mass is 209 g/mol. The Labute approximate surface area is 87.2 Å². The summed E-state index contributed by atoms with van der Waals surface area (Å²) in [4.78, 5) is 23.6. The molecular weight excluding hydrogens is 194 g/mol. The Hall–Kier alpha value is -1.52. The van der Waals surface area contributed by atoms with E-state index in [-0.39, 0.29) is 22.8 Å². The molecule has 2 heterocycles. The Morgan fingerprint density at radius 3 is 2.27 bits per heavy atom. The van der Waals surface area contributed by atoms with Gasteiger partial charge in [0.1, 0.15) is 0 Å². The standard InChI is InChI=1S/C10H15N3O2/c1-6-10(3,4)7(2)13-9(15)11(5)8(14)12(6)13/h7H,1H2,2-5H3. The number of aromatic nitrogens is 3. The maximum Gasteiger partial charge on any atom is 0.351 e. The number of nitrogens with zero attached hydrogens (tertiary/aromatic N) is 3. The summed E-state index contributed by atoms with van der Waals surface area (Å²) in [7, 11) is 1.48. The lowest BCUT2D eigenvalue weighted by molar-refractivity contribution is 0.335. The van der Waals surface area contributed by atoms with Gasteiger partial charge in [-0.05, 0) is 6.92 Å². The van der Waals surface area contributed by atoms with E-state index in [1.54, 1.807) is 0 Å². The number of fused-ring (bicyclic) bond motifs is 1. The molecule has 0 amide bonds. The van der Waals surface area contributed by atoms with E-state index in [0.717, 1.165) is 4.57 Å². The van der Waals surface area contributed by atoms with Crippen LogP contribution in [0.5, 0.6) is 0 Å². The van der Waals surface area contributed by atoms with E-state index in [2.05, 4.69) is 6.58 Å². The van der Waals surface area contributed by atoms with Crippen molar-refractivity contribution in [2.24, 2.45) is 12.5 Å². The van der Waals surface area contributed by atoms with Crippen LogP contribution in [-0.4, -0.2) is 13.9 Å². The third-order valence-electron chi connectivity index (χ3n) is 3.58. The zero-order valence-electron chi connectivity index (χ0n) is 9.44. The van der Waals surface area contributed by atoms with E-state index in [1.165, 1.54) is 16.4 Å². The van der Waals surface area contributed by atoms with Crippen molar-refractivity contribution in [2.75, 3.05) is 0 Å². The third-order valence-corrected chi connectivity index (χ3v) is 3.58. The lowest BCUT2D eigenvalue weighted by Crippen LogP contribution is -2.31. The number of rotatable bonds is 0. The molecule has 0 aromatic carbocycles. The van der Waals surface area contributed by atoms with Gasteiger partial charge < -0.3 is 0 Å². The van der Waals surface area contributed by atoms with Gasteiger partial charge in [0.15, 0.2) is 0 Å². The zero-order chi connectivity index (χ0) is 11.5. The minimum atomic E-state index is -0.317. The molecule has 1 aliphatic rings. The Morgan fingerprint density at radius 1 is 1.27 bits per heavy atom. The number of hydrogen-bond donors (Lipinski definition) is 0. The minimum Gasteiger partial charge on any atom is -0.246 e. The van der Waals surface area contributed by atoms with Crippen LogP contribution >= 0.6 is 0 Å². The Bertz CT molecular complexity index is 556. The summed E-state index contributed by atoms with van der Waals surface area (Å²) in [6.45, 7) is 9.80. The Morgan fingerprint density at radius 2 is 1.80 bits per heavy atom. The second-order valence-electron chi connectivity index (χ2n) is 4.62. The van der Waals surface area contributed by atoms with Gasteiger partial charge in [-0.3, -0.25) is 0 Å². The van der Waals surface area contributed by atoms with E-state index >= 15 is 0 Å². The molecule has 82 valence electrons. The van der Waals surface area contributed by atoms with Crippen LogP contribution in [0.1, 0.15) is 26.8 Å². The normalized spacial score (nSPS) is 23.2. The summed E-state index contributed by atoms with van der Waals surface area (Å²) >= 11 is 0. The van der Waals surface area contributed by atoms with Gasteiger partial charge in [0.25, 0.3) is 0 Å². The van der Waals surface area contributed by atoms with Gasteiger partial charge in [-0.15, -0.1) is 0 Å². The molecule has 0 saturated heterocycles. The van der Waals surface area contributed by atoms with Crippen LogP contribution < -0.4 is 11.4 Å². The SMILES string of the molecule is C=C1n2c(=O)n(C)c(=O)n2C(C)C1(C)C. The van der Waals surface area contributed by atoms with E-state index in [9.17, 15) is 9.59 Å². The first-order valence-electron chi connectivity index (χ1n) is 4.90. The predicted octanol–water partition coefficient (Wildman–Crippen LogP) is 0.420. The highest BCUT2D eigenvalue weighted by Gasteiger charge is 2.42. The van der Waals surface area contributed by atoms with Crippen molar-refractivity contribution < 1.29 is 0 Å². The van der Waals surface area contributed by atoms with Crippen LogP contribution in [0.3, 0.4) is 0 Å². The van der Waals surface area contributed by atoms with Gasteiger partial charge >= 0.3 is 11.4 Å². The molecule has 0 radical (unpaired) electrons. The number of allylic oxidation sites excluding steroid dienone is 1. The smallest absolute Gasteiger partial charge is 0.246 e. The van der Waals surface area contributed by atoms with Crippen molar-refractivity contribution in [3.63, 3.8) is 0 Å². The molecule has 2 rings (SSSR count). The predicted molar refractivity (Wildman–Crippen MR) is 57.8 cm³/mol. The van der Waals surface area contributed by atoms with Gasteiger partial charge in [-0.25, -0.2) is 23.5 Å². The molecule has 0 aliphatic carbocycles. The molecule has 1 aromatic heterocycles. The van der Waals surface area contributed by atoms with Crippen LogP contribution in [0.4, 0.5) is 0 Å². The average Bonchev–Trinajstić information content (AvgIpc) is 2.49. The maximum absolute atomic E-state index is 11.8. The summed E-state index contributed by atoms with van der Waals surface area (Å²) in [5.41, 5.74) is -0.175. The first kappa shape index (κ1) is 10.0. The van der Waals surface area contributed by atoms with Crippen LogP contribution in [0, 0.1) is 5.41 Å². The van der Waals surface area contributed by atoms with Crippen LogP contribution in [0.15, 0.2) is 16.2 Å². The van der Waals surface area contributed by atoms with E-state index in [4.69, 9.17) is 0 Å². The second kappa shape index (κ2) is 2.53. The van der Waals surface area contributed by atoms with Crippen molar-refractivity contribution in [3.8, 4) is 0 Å². The van der Waals surface area contributed by atoms with Crippen LogP contribution in [0.25, 0.3) is 5.70 Å². The molecular formula is C10H15N3O2. The van der Waals surface area contributed by atoms with Gasteiger partial charge in [-0.1, -0.05) is 20.4 Å². The van der Waals surface area contributed by atoms with Crippen molar-refractivity contribution in [2.45, 2.75) is 26.8 Å². The topological polar surface area (TPSA) is 48.9 Å².